The summed E-state index contributed by atoms with van der Waals surface area (Å²) >= 11 is 3.48. The first-order valence-corrected chi connectivity index (χ1v) is 11.0. The van der Waals surface area contributed by atoms with Crippen LogP contribution in [0.4, 0.5) is 0 Å². The Labute approximate surface area is 174 Å². The Morgan fingerprint density at radius 2 is 1.79 bits per heavy atom. The molecular weight excluding hydrogens is 418 g/mol. The number of nitrogens with one attached hydrogen (secondary N) is 1. The second kappa shape index (κ2) is 8.24. The first kappa shape index (κ1) is 19.4. The zero-order valence-electron chi connectivity index (χ0n) is 16.2. The summed E-state index contributed by atoms with van der Waals surface area (Å²) in [6.07, 6.45) is 7.52. The lowest BCUT2D eigenvalue weighted by Gasteiger charge is -2.35. The van der Waals surface area contributed by atoms with Crippen LogP contribution in [0.25, 0.3) is 0 Å². The monoisotopic (exact) mass is 443 g/mol. The summed E-state index contributed by atoms with van der Waals surface area (Å²) in [5.41, 5.74) is 4.07. The Balaban J connectivity index is 1.72. The number of ether oxygens (including phenoxy) is 1. The number of allylic oxidation sites excluding steroid dienone is 3. The second-order valence-corrected chi connectivity index (χ2v) is 8.90. The van der Waals surface area contributed by atoms with Gasteiger partial charge in [-0.1, -0.05) is 34.5 Å². The lowest BCUT2D eigenvalue weighted by atomic mass is 9.75. The van der Waals surface area contributed by atoms with Crippen LogP contribution in [0, 0.1) is 0 Å². The van der Waals surface area contributed by atoms with Crippen LogP contribution in [0.3, 0.4) is 0 Å². The smallest absolute Gasteiger partial charge is 0.337 e. The predicted octanol–water partition coefficient (Wildman–Crippen LogP) is 5.29. The zero-order chi connectivity index (χ0) is 19.7. The number of hydrogen-bond acceptors (Lipinski definition) is 4. The molecule has 5 heteroatoms. The number of esters is 1. The maximum atomic E-state index is 13.2. The second-order valence-electron chi connectivity index (χ2n) is 7.98. The van der Waals surface area contributed by atoms with Crippen molar-refractivity contribution in [1.82, 2.24) is 5.32 Å². The highest BCUT2D eigenvalue weighted by Crippen LogP contribution is 2.43. The highest BCUT2D eigenvalue weighted by molar-refractivity contribution is 9.10. The molecule has 1 N–H and O–H groups in total. The van der Waals surface area contributed by atoms with Crippen LogP contribution in [-0.2, 0) is 14.3 Å². The Morgan fingerprint density at radius 3 is 2.50 bits per heavy atom. The number of benzene rings is 1. The van der Waals surface area contributed by atoms with E-state index in [-0.39, 0.29) is 23.8 Å². The largest absolute Gasteiger partial charge is 0.459 e. The van der Waals surface area contributed by atoms with Gasteiger partial charge in [0.2, 0.25) is 0 Å². The average molecular weight is 444 g/mol. The lowest BCUT2D eigenvalue weighted by molar-refractivity contribution is -0.146. The summed E-state index contributed by atoms with van der Waals surface area (Å²) in [6.45, 7) is 1.92. The predicted molar refractivity (Wildman–Crippen MR) is 112 cm³/mol. The van der Waals surface area contributed by atoms with Gasteiger partial charge >= 0.3 is 5.97 Å². The Bertz CT molecular complexity index is 847. The Kier molecular flexibility index (Phi) is 5.72. The van der Waals surface area contributed by atoms with E-state index in [0.29, 0.717) is 12.0 Å². The topological polar surface area (TPSA) is 55.4 Å². The van der Waals surface area contributed by atoms with Gasteiger partial charge in [0.1, 0.15) is 6.10 Å². The average Bonchev–Trinajstić information content (AvgIpc) is 2.68. The molecule has 1 aliphatic heterocycles. The van der Waals surface area contributed by atoms with Gasteiger partial charge < -0.3 is 10.1 Å². The fraction of sp³-hybridized carbons (Fsp3) is 0.478. The van der Waals surface area contributed by atoms with E-state index in [1.165, 1.54) is 6.42 Å². The van der Waals surface area contributed by atoms with Crippen molar-refractivity contribution in [2.45, 2.75) is 70.3 Å². The quantitative estimate of drug-likeness (QED) is 0.644. The normalized spacial score (nSPS) is 23.4. The molecule has 0 amide bonds. The molecule has 28 heavy (non-hydrogen) atoms. The molecule has 0 saturated heterocycles. The summed E-state index contributed by atoms with van der Waals surface area (Å²) < 4.78 is 6.89. The van der Waals surface area contributed by atoms with E-state index < -0.39 is 0 Å². The third-order valence-corrected chi connectivity index (χ3v) is 6.55. The first-order valence-electron chi connectivity index (χ1n) is 10.2. The van der Waals surface area contributed by atoms with E-state index in [0.717, 1.165) is 65.5 Å². The number of Topliss-reactive ketones (excluding diaryl/α,β-unsaturated/α-hetero) is 1. The van der Waals surface area contributed by atoms with Crippen LogP contribution in [0.1, 0.15) is 69.8 Å². The minimum Gasteiger partial charge on any atom is -0.459 e. The molecule has 1 heterocycles. The van der Waals surface area contributed by atoms with Crippen LogP contribution >= 0.6 is 15.9 Å². The van der Waals surface area contributed by atoms with E-state index in [1.54, 1.807) is 0 Å². The lowest BCUT2D eigenvalue weighted by Crippen LogP contribution is -2.35. The van der Waals surface area contributed by atoms with Gasteiger partial charge in [-0.15, -0.1) is 0 Å². The van der Waals surface area contributed by atoms with Crippen LogP contribution in [0.2, 0.25) is 0 Å². The SMILES string of the molecule is CC1=C(C(=O)OC2CCCCC2)[C@@H](c2ccc(Br)cc2)C2=C(CCCC2=O)N1. The molecule has 2 aliphatic carbocycles. The van der Waals surface area contributed by atoms with Crippen molar-refractivity contribution in [2.75, 3.05) is 0 Å². The van der Waals surface area contributed by atoms with Gasteiger partial charge in [0.15, 0.2) is 5.78 Å². The molecule has 1 fully saturated rings. The van der Waals surface area contributed by atoms with Crippen molar-refractivity contribution in [2.24, 2.45) is 0 Å². The maximum absolute atomic E-state index is 13.2. The molecule has 1 atom stereocenters. The van der Waals surface area contributed by atoms with Gasteiger partial charge in [0, 0.05) is 33.8 Å². The standard InChI is InChI=1S/C23H26BrNO3/c1-14-20(23(27)28-17-6-3-2-4-7-17)21(15-10-12-16(24)13-11-15)22-18(25-14)8-5-9-19(22)26/h10-13,17,21,25H,2-9H2,1H3/t21-/m1/s1. The molecule has 1 aromatic carbocycles. The van der Waals surface area contributed by atoms with Crippen LogP contribution < -0.4 is 5.32 Å². The fourth-order valence-electron chi connectivity index (χ4n) is 4.64. The maximum Gasteiger partial charge on any atom is 0.337 e. The van der Waals surface area contributed by atoms with Gasteiger partial charge in [-0.05, 0) is 63.1 Å². The highest BCUT2D eigenvalue weighted by Gasteiger charge is 2.39. The van der Waals surface area contributed by atoms with Gasteiger partial charge in [-0.3, -0.25) is 4.79 Å². The number of carbonyl (C=O) groups is 2. The van der Waals surface area contributed by atoms with E-state index in [1.807, 2.05) is 31.2 Å². The summed E-state index contributed by atoms with van der Waals surface area (Å²) in [5.74, 6) is -0.500. The first-order chi connectivity index (χ1) is 13.5. The van der Waals surface area contributed by atoms with Crippen molar-refractivity contribution in [1.29, 1.82) is 0 Å². The number of rotatable bonds is 3. The molecule has 0 spiro atoms. The molecule has 0 bridgehead atoms. The van der Waals surface area contributed by atoms with Crippen molar-refractivity contribution in [3.8, 4) is 0 Å². The number of ketones is 1. The van der Waals surface area contributed by atoms with Gasteiger partial charge in [-0.25, -0.2) is 4.79 Å². The van der Waals surface area contributed by atoms with Crippen LogP contribution in [0.15, 0.2) is 51.3 Å². The van der Waals surface area contributed by atoms with E-state index in [2.05, 4.69) is 21.2 Å². The van der Waals surface area contributed by atoms with Crippen LogP contribution in [-0.4, -0.2) is 17.9 Å². The molecule has 4 nitrogen and oxygen atoms in total. The number of carbonyl (C=O) groups excluding carboxylic acids is 2. The summed E-state index contributed by atoms with van der Waals surface area (Å²) in [7, 11) is 0. The molecule has 0 aromatic heterocycles. The number of halogens is 1. The van der Waals surface area contributed by atoms with Crippen LogP contribution in [0.5, 0.6) is 0 Å². The molecule has 148 valence electrons. The minimum atomic E-state index is -0.353. The summed E-state index contributed by atoms with van der Waals surface area (Å²) in [5, 5.41) is 3.36. The Morgan fingerprint density at radius 1 is 1.07 bits per heavy atom. The Hall–Kier alpha value is -1.88. The molecule has 0 radical (unpaired) electrons. The molecule has 1 aromatic rings. The highest BCUT2D eigenvalue weighted by atomic mass is 79.9. The van der Waals surface area contributed by atoms with Crippen molar-refractivity contribution in [3.05, 3.63) is 56.8 Å². The van der Waals surface area contributed by atoms with E-state index in [9.17, 15) is 9.59 Å². The third kappa shape index (κ3) is 3.82. The molecule has 4 rings (SSSR count). The minimum absolute atomic E-state index is 0.00967. The van der Waals surface area contributed by atoms with Crippen molar-refractivity contribution >= 4 is 27.7 Å². The number of hydrogen-bond donors (Lipinski definition) is 1. The fourth-order valence-corrected chi connectivity index (χ4v) is 4.90. The molecule has 0 unspecified atom stereocenters. The zero-order valence-corrected chi connectivity index (χ0v) is 17.8. The molecule has 1 saturated carbocycles. The van der Waals surface area contributed by atoms with Crippen molar-refractivity contribution in [3.63, 3.8) is 0 Å². The van der Waals surface area contributed by atoms with E-state index >= 15 is 0 Å². The van der Waals surface area contributed by atoms with Crippen molar-refractivity contribution < 1.29 is 14.3 Å². The van der Waals surface area contributed by atoms with Gasteiger partial charge in [0.05, 0.1) is 5.57 Å². The number of dihydropyridines is 1. The molecule has 3 aliphatic rings. The van der Waals surface area contributed by atoms with Gasteiger partial charge in [0.25, 0.3) is 0 Å². The third-order valence-electron chi connectivity index (χ3n) is 6.03. The summed E-state index contributed by atoms with van der Waals surface area (Å²) in [4.78, 5) is 26.1. The van der Waals surface area contributed by atoms with E-state index in [4.69, 9.17) is 4.74 Å². The summed E-state index contributed by atoms with van der Waals surface area (Å²) in [6, 6.07) is 7.91. The molecular formula is C23H26BrNO3. The van der Waals surface area contributed by atoms with Gasteiger partial charge in [-0.2, -0.15) is 0 Å².